The summed E-state index contributed by atoms with van der Waals surface area (Å²) in [5, 5.41) is 2.62. The van der Waals surface area contributed by atoms with Crippen LogP contribution in [-0.2, 0) is 12.8 Å². The van der Waals surface area contributed by atoms with Crippen molar-refractivity contribution < 1.29 is 4.42 Å². The summed E-state index contributed by atoms with van der Waals surface area (Å²) in [6.45, 7) is 6.56. The van der Waals surface area contributed by atoms with Crippen molar-refractivity contribution in [2.45, 2.75) is 33.6 Å². The van der Waals surface area contributed by atoms with Gasteiger partial charge in [0.05, 0.1) is 0 Å². The summed E-state index contributed by atoms with van der Waals surface area (Å²) in [4.78, 5) is 0. The molecular weight excluding hydrogens is 316 g/mol. The zero-order valence-electron chi connectivity index (χ0n) is 15.5. The van der Waals surface area contributed by atoms with Crippen LogP contribution in [0, 0.1) is 13.8 Å². The van der Waals surface area contributed by atoms with Gasteiger partial charge >= 0.3 is 0 Å². The Morgan fingerprint density at radius 2 is 1.58 bits per heavy atom. The standard InChI is InChI=1S/C25H22O/c1-4-20-15(2)23-21-11-7-8-12-22(21)24(25(23)26-16(20)3)19-13-17-9-5-6-10-18(17)14-19/h5-13H,4,14H2,1-3H3. The Morgan fingerprint density at radius 1 is 0.885 bits per heavy atom. The first-order valence-corrected chi connectivity index (χ1v) is 9.41. The van der Waals surface area contributed by atoms with Crippen LogP contribution in [0.25, 0.3) is 33.7 Å². The summed E-state index contributed by atoms with van der Waals surface area (Å²) >= 11 is 0. The molecule has 0 unspecified atom stereocenters. The van der Waals surface area contributed by atoms with E-state index in [0.717, 1.165) is 24.4 Å². The Bertz CT molecular complexity index is 1160. The van der Waals surface area contributed by atoms with E-state index in [4.69, 9.17) is 4.42 Å². The Morgan fingerprint density at radius 3 is 2.31 bits per heavy atom. The summed E-state index contributed by atoms with van der Waals surface area (Å²) in [6.07, 6.45) is 4.31. The van der Waals surface area contributed by atoms with E-state index in [1.165, 1.54) is 49.7 Å². The molecule has 1 nitrogen and oxygen atoms in total. The molecule has 2 aliphatic carbocycles. The molecule has 0 bridgehead atoms. The van der Waals surface area contributed by atoms with E-state index in [2.05, 4.69) is 75.4 Å². The van der Waals surface area contributed by atoms with Gasteiger partial charge in [0, 0.05) is 11.1 Å². The predicted molar refractivity (Wildman–Crippen MR) is 110 cm³/mol. The van der Waals surface area contributed by atoms with Gasteiger partial charge in [-0.15, -0.1) is 0 Å². The summed E-state index contributed by atoms with van der Waals surface area (Å²) in [7, 11) is 0. The van der Waals surface area contributed by atoms with Crippen molar-refractivity contribution in [2.24, 2.45) is 0 Å². The minimum atomic E-state index is 0.975. The van der Waals surface area contributed by atoms with Gasteiger partial charge in [-0.05, 0) is 65.3 Å². The second-order valence-corrected chi connectivity index (χ2v) is 7.29. The van der Waals surface area contributed by atoms with Crippen molar-refractivity contribution in [3.05, 3.63) is 82.1 Å². The molecule has 0 N–H and O–H groups in total. The molecule has 0 fully saturated rings. The molecular formula is C25H22O. The maximum absolute atomic E-state index is 6.45. The number of aryl methyl sites for hydroxylation is 1. The average molecular weight is 338 g/mol. The molecule has 2 aromatic carbocycles. The molecule has 2 aromatic rings. The van der Waals surface area contributed by atoms with Crippen LogP contribution in [0.5, 0.6) is 0 Å². The van der Waals surface area contributed by atoms with Gasteiger partial charge in [0.15, 0.2) is 0 Å². The molecule has 5 rings (SSSR count). The molecule has 0 saturated heterocycles. The number of hydrogen-bond donors (Lipinski definition) is 0. The topological polar surface area (TPSA) is 13.1 Å². The average Bonchev–Trinajstić information content (AvgIpc) is 3.20. The molecule has 26 heavy (non-hydrogen) atoms. The van der Waals surface area contributed by atoms with E-state index >= 15 is 0 Å². The van der Waals surface area contributed by atoms with Crippen molar-refractivity contribution in [3.63, 3.8) is 0 Å². The van der Waals surface area contributed by atoms with Crippen LogP contribution in [0.15, 0.2) is 52.9 Å². The van der Waals surface area contributed by atoms with Gasteiger partial charge in [-0.3, -0.25) is 0 Å². The third-order valence-corrected chi connectivity index (χ3v) is 5.87. The zero-order valence-corrected chi connectivity index (χ0v) is 15.5. The molecule has 0 radical (unpaired) electrons. The lowest BCUT2D eigenvalue weighted by Gasteiger charge is -2.14. The molecule has 1 heteroatoms. The lowest BCUT2D eigenvalue weighted by atomic mass is 9.97. The fourth-order valence-corrected chi connectivity index (χ4v) is 4.67. The second-order valence-electron chi connectivity index (χ2n) is 7.29. The maximum atomic E-state index is 6.45. The van der Waals surface area contributed by atoms with Crippen LogP contribution in [0.1, 0.15) is 40.5 Å². The van der Waals surface area contributed by atoms with Crippen molar-refractivity contribution in [3.8, 4) is 11.3 Å². The van der Waals surface area contributed by atoms with Gasteiger partial charge in [-0.2, -0.15) is 0 Å². The van der Waals surface area contributed by atoms with Gasteiger partial charge in [0.25, 0.3) is 0 Å². The first kappa shape index (κ1) is 15.5. The van der Waals surface area contributed by atoms with Gasteiger partial charge in [0.2, 0.25) is 0 Å². The van der Waals surface area contributed by atoms with Gasteiger partial charge < -0.3 is 4.42 Å². The number of hydrogen-bond acceptors (Lipinski definition) is 1. The molecule has 0 spiro atoms. The first-order chi connectivity index (χ1) is 12.7. The number of benzene rings is 2. The van der Waals surface area contributed by atoms with E-state index < -0.39 is 0 Å². The predicted octanol–water partition coefficient (Wildman–Crippen LogP) is 6.81. The lowest BCUT2D eigenvalue weighted by Crippen LogP contribution is -1.96. The van der Waals surface area contributed by atoms with Crippen molar-refractivity contribution in [1.29, 1.82) is 0 Å². The van der Waals surface area contributed by atoms with E-state index in [9.17, 15) is 0 Å². The Hall–Kier alpha value is -2.80. The highest BCUT2D eigenvalue weighted by molar-refractivity contribution is 6.13. The Labute approximate surface area is 154 Å². The Kier molecular flexibility index (Phi) is 3.33. The third kappa shape index (κ3) is 2.03. The van der Waals surface area contributed by atoms with E-state index in [-0.39, 0.29) is 0 Å². The van der Waals surface area contributed by atoms with E-state index in [1.807, 2.05) is 0 Å². The molecule has 128 valence electrons. The van der Waals surface area contributed by atoms with Crippen LogP contribution >= 0.6 is 0 Å². The van der Waals surface area contributed by atoms with E-state index in [0.29, 0.717) is 0 Å². The van der Waals surface area contributed by atoms with Crippen molar-refractivity contribution in [2.75, 3.05) is 0 Å². The number of allylic oxidation sites excluding steroid dienone is 1. The van der Waals surface area contributed by atoms with Crippen LogP contribution in [0.3, 0.4) is 0 Å². The maximum Gasteiger partial charge on any atom is 0.143 e. The van der Waals surface area contributed by atoms with Crippen molar-refractivity contribution in [1.82, 2.24) is 0 Å². The van der Waals surface area contributed by atoms with Gasteiger partial charge in [-0.25, -0.2) is 0 Å². The minimum absolute atomic E-state index is 0.975. The number of fused-ring (bicyclic) bond motifs is 4. The van der Waals surface area contributed by atoms with Crippen molar-refractivity contribution >= 4 is 22.4 Å². The SMILES string of the molecule is CCc1c(C)oc2c(C3=Cc4ccccc4C3)c3ccccc3c-2c1C. The molecule has 0 saturated carbocycles. The summed E-state index contributed by atoms with van der Waals surface area (Å²) < 4.78 is 6.45. The minimum Gasteiger partial charge on any atom is -0.460 e. The summed E-state index contributed by atoms with van der Waals surface area (Å²) in [5.41, 5.74) is 9.37. The fraction of sp³-hybridized carbons (Fsp3) is 0.200. The molecule has 0 atom stereocenters. The molecule has 3 aliphatic rings. The highest BCUT2D eigenvalue weighted by atomic mass is 16.3. The molecule has 1 aliphatic heterocycles. The molecule has 0 amide bonds. The normalized spacial score (nSPS) is 13.4. The van der Waals surface area contributed by atoms with E-state index in [1.54, 1.807) is 0 Å². The highest BCUT2D eigenvalue weighted by Crippen LogP contribution is 2.48. The zero-order chi connectivity index (χ0) is 17.8. The lowest BCUT2D eigenvalue weighted by molar-refractivity contribution is 0.521. The van der Waals surface area contributed by atoms with Gasteiger partial charge in [0.1, 0.15) is 11.5 Å². The number of rotatable bonds is 2. The monoisotopic (exact) mass is 338 g/mol. The molecule has 1 heterocycles. The largest absolute Gasteiger partial charge is 0.460 e. The Balaban J connectivity index is 1.86. The van der Waals surface area contributed by atoms with Crippen LogP contribution in [-0.4, -0.2) is 0 Å². The summed E-state index contributed by atoms with van der Waals surface area (Å²) in [5.74, 6) is 2.10. The highest BCUT2D eigenvalue weighted by Gasteiger charge is 2.28. The van der Waals surface area contributed by atoms with Crippen LogP contribution < -0.4 is 0 Å². The fourth-order valence-electron chi connectivity index (χ4n) is 4.67. The summed E-state index contributed by atoms with van der Waals surface area (Å²) in [6, 6.07) is 17.4. The van der Waals surface area contributed by atoms with Gasteiger partial charge in [-0.1, -0.05) is 61.5 Å². The first-order valence-electron chi connectivity index (χ1n) is 9.41. The van der Waals surface area contributed by atoms with Crippen LogP contribution in [0.2, 0.25) is 0 Å². The quantitative estimate of drug-likeness (QED) is 0.391. The molecule has 0 aromatic heterocycles. The van der Waals surface area contributed by atoms with Crippen LogP contribution in [0.4, 0.5) is 0 Å². The second kappa shape index (κ2) is 5.60. The smallest absolute Gasteiger partial charge is 0.143 e. The third-order valence-electron chi connectivity index (χ3n) is 5.87.